The number of carbonyl (C=O) groups is 1. The van der Waals surface area contributed by atoms with Gasteiger partial charge in [0.2, 0.25) is 5.91 Å². The second kappa shape index (κ2) is 7.22. The highest BCUT2D eigenvalue weighted by Gasteiger charge is 2.29. The molecule has 0 aliphatic carbocycles. The van der Waals surface area contributed by atoms with E-state index in [0.29, 0.717) is 11.8 Å². The van der Waals surface area contributed by atoms with Crippen molar-refractivity contribution in [2.75, 3.05) is 53.0 Å². The van der Waals surface area contributed by atoms with Crippen molar-refractivity contribution in [1.29, 1.82) is 0 Å². The van der Waals surface area contributed by atoms with Gasteiger partial charge >= 0.3 is 0 Å². The maximum absolute atomic E-state index is 12.5. The first-order valence-corrected chi connectivity index (χ1v) is 7.45. The molecule has 2 saturated heterocycles. The standard InChI is InChI=1S/C14H27N3O2/c1-12(16-9-5-15-6-10-16)14(18)17-7-3-13(4-8-17)11-19-2/h12-13,15H,3-11H2,1-2H3. The minimum Gasteiger partial charge on any atom is -0.384 e. The van der Waals surface area contributed by atoms with Gasteiger partial charge in [-0.05, 0) is 25.7 Å². The topological polar surface area (TPSA) is 44.8 Å². The molecule has 0 spiro atoms. The smallest absolute Gasteiger partial charge is 0.239 e. The van der Waals surface area contributed by atoms with E-state index in [9.17, 15) is 4.79 Å². The van der Waals surface area contributed by atoms with Crippen molar-refractivity contribution in [3.05, 3.63) is 0 Å². The third-order valence-corrected chi connectivity index (χ3v) is 4.39. The minimum atomic E-state index is 0.0288. The van der Waals surface area contributed by atoms with Gasteiger partial charge in [0.05, 0.1) is 6.04 Å². The number of piperazine rings is 1. The molecule has 2 fully saturated rings. The van der Waals surface area contributed by atoms with Gasteiger partial charge in [0.1, 0.15) is 0 Å². The summed E-state index contributed by atoms with van der Waals surface area (Å²) in [5.41, 5.74) is 0. The highest BCUT2D eigenvalue weighted by atomic mass is 16.5. The van der Waals surface area contributed by atoms with Crippen molar-refractivity contribution in [2.45, 2.75) is 25.8 Å². The average Bonchev–Trinajstić information content (AvgIpc) is 2.48. The van der Waals surface area contributed by atoms with Crippen molar-refractivity contribution in [3.63, 3.8) is 0 Å². The van der Waals surface area contributed by atoms with Gasteiger partial charge in [-0.15, -0.1) is 0 Å². The molecule has 1 N–H and O–H groups in total. The maximum atomic E-state index is 12.5. The molecule has 5 heteroatoms. The summed E-state index contributed by atoms with van der Waals surface area (Å²) in [6, 6.07) is 0.0288. The molecule has 0 aromatic heterocycles. The Bertz CT molecular complexity index is 284. The molecule has 2 aliphatic heterocycles. The van der Waals surface area contributed by atoms with E-state index in [1.165, 1.54) is 0 Å². The van der Waals surface area contributed by atoms with E-state index < -0.39 is 0 Å². The van der Waals surface area contributed by atoms with E-state index >= 15 is 0 Å². The largest absolute Gasteiger partial charge is 0.384 e. The fraction of sp³-hybridized carbons (Fsp3) is 0.929. The number of carbonyl (C=O) groups excluding carboxylic acids is 1. The third-order valence-electron chi connectivity index (χ3n) is 4.39. The van der Waals surface area contributed by atoms with Gasteiger partial charge in [0, 0.05) is 53.0 Å². The summed E-state index contributed by atoms with van der Waals surface area (Å²) in [4.78, 5) is 16.8. The number of nitrogens with zero attached hydrogens (tertiary/aromatic N) is 2. The van der Waals surface area contributed by atoms with Crippen LogP contribution in [0.2, 0.25) is 0 Å². The molecular weight excluding hydrogens is 242 g/mol. The predicted octanol–water partition coefficient (Wildman–Crippen LogP) is 0.165. The van der Waals surface area contributed by atoms with E-state index in [0.717, 1.165) is 58.7 Å². The molecule has 0 bridgehead atoms. The number of ether oxygens (including phenoxy) is 1. The molecule has 0 aromatic rings. The summed E-state index contributed by atoms with van der Waals surface area (Å²) < 4.78 is 5.20. The van der Waals surface area contributed by atoms with E-state index in [1.807, 2.05) is 4.90 Å². The Labute approximate surface area is 116 Å². The van der Waals surface area contributed by atoms with Crippen LogP contribution in [0.5, 0.6) is 0 Å². The Morgan fingerprint density at radius 2 is 1.89 bits per heavy atom. The van der Waals surface area contributed by atoms with Crippen molar-refractivity contribution in [2.24, 2.45) is 5.92 Å². The van der Waals surface area contributed by atoms with Gasteiger partial charge in [0.15, 0.2) is 0 Å². The lowest BCUT2D eigenvalue weighted by Crippen LogP contribution is -2.54. The van der Waals surface area contributed by atoms with Gasteiger partial charge in [-0.25, -0.2) is 0 Å². The number of hydrogen-bond donors (Lipinski definition) is 1. The fourth-order valence-electron chi connectivity index (χ4n) is 3.05. The summed E-state index contributed by atoms with van der Waals surface area (Å²) in [6.45, 7) is 8.61. The molecule has 0 saturated carbocycles. The Kier molecular flexibility index (Phi) is 5.60. The number of rotatable bonds is 4. The first-order valence-electron chi connectivity index (χ1n) is 7.45. The lowest BCUT2D eigenvalue weighted by molar-refractivity contribution is -0.138. The zero-order valence-corrected chi connectivity index (χ0v) is 12.2. The van der Waals surface area contributed by atoms with E-state index in [4.69, 9.17) is 4.74 Å². The van der Waals surface area contributed by atoms with E-state index in [2.05, 4.69) is 17.1 Å². The molecule has 1 amide bonds. The number of piperidine rings is 1. The van der Waals surface area contributed by atoms with Crippen LogP contribution in [0.15, 0.2) is 0 Å². The van der Waals surface area contributed by atoms with Gasteiger partial charge in [-0.1, -0.05) is 0 Å². The number of likely N-dealkylation sites (tertiary alicyclic amines) is 1. The molecule has 0 radical (unpaired) electrons. The van der Waals surface area contributed by atoms with Crippen LogP contribution in [0.1, 0.15) is 19.8 Å². The Hall–Kier alpha value is -0.650. The molecule has 110 valence electrons. The quantitative estimate of drug-likeness (QED) is 0.790. The molecule has 19 heavy (non-hydrogen) atoms. The molecular formula is C14H27N3O2. The third kappa shape index (κ3) is 3.91. The number of hydrogen-bond acceptors (Lipinski definition) is 4. The van der Waals surface area contributed by atoms with Crippen LogP contribution in [0.4, 0.5) is 0 Å². The zero-order chi connectivity index (χ0) is 13.7. The summed E-state index contributed by atoms with van der Waals surface area (Å²) in [7, 11) is 1.75. The molecule has 2 aliphatic rings. The van der Waals surface area contributed by atoms with Crippen molar-refractivity contribution in [3.8, 4) is 0 Å². The number of methoxy groups -OCH3 is 1. The second-order valence-corrected chi connectivity index (χ2v) is 5.69. The Morgan fingerprint density at radius 3 is 2.47 bits per heavy atom. The maximum Gasteiger partial charge on any atom is 0.239 e. The highest BCUT2D eigenvalue weighted by Crippen LogP contribution is 2.18. The SMILES string of the molecule is COCC1CCN(C(=O)C(C)N2CCNCC2)CC1. The first kappa shape index (κ1) is 14.8. The van der Waals surface area contributed by atoms with Crippen molar-refractivity contribution < 1.29 is 9.53 Å². The monoisotopic (exact) mass is 269 g/mol. The van der Waals surface area contributed by atoms with Crippen LogP contribution >= 0.6 is 0 Å². The van der Waals surface area contributed by atoms with Gasteiger partial charge in [-0.3, -0.25) is 9.69 Å². The van der Waals surface area contributed by atoms with Gasteiger partial charge in [-0.2, -0.15) is 0 Å². The van der Waals surface area contributed by atoms with Crippen LogP contribution in [0.25, 0.3) is 0 Å². The van der Waals surface area contributed by atoms with Crippen LogP contribution in [-0.4, -0.2) is 74.7 Å². The fourth-order valence-corrected chi connectivity index (χ4v) is 3.05. The molecule has 2 heterocycles. The summed E-state index contributed by atoms with van der Waals surface area (Å²) in [5.74, 6) is 0.932. The van der Waals surface area contributed by atoms with E-state index in [1.54, 1.807) is 7.11 Å². The lowest BCUT2D eigenvalue weighted by Gasteiger charge is -2.37. The summed E-state index contributed by atoms with van der Waals surface area (Å²) in [5, 5.41) is 3.33. The van der Waals surface area contributed by atoms with Crippen molar-refractivity contribution in [1.82, 2.24) is 15.1 Å². The van der Waals surface area contributed by atoms with Crippen LogP contribution < -0.4 is 5.32 Å². The van der Waals surface area contributed by atoms with Crippen molar-refractivity contribution >= 4 is 5.91 Å². The minimum absolute atomic E-state index is 0.0288. The summed E-state index contributed by atoms with van der Waals surface area (Å²) in [6.07, 6.45) is 2.15. The normalized spacial score (nSPS) is 24.4. The van der Waals surface area contributed by atoms with Crippen LogP contribution in [0, 0.1) is 5.92 Å². The molecule has 0 aromatic carbocycles. The Balaban J connectivity index is 1.79. The first-order chi connectivity index (χ1) is 9.22. The highest BCUT2D eigenvalue weighted by molar-refractivity contribution is 5.81. The number of amides is 1. The Morgan fingerprint density at radius 1 is 1.26 bits per heavy atom. The molecule has 1 atom stereocenters. The molecule has 2 rings (SSSR count). The van der Waals surface area contributed by atoms with Crippen LogP contribution in [-0.2, 0) is 9.53 Å². The second-order valence-electron chi connectivity index (χ2n) is 5.69. The average molecular weight is 269 g/mol. The molecule has 1 unspecified atom stereocenters. The number of nitrogens with one attached hydrogen (secondary N) is 1. The van der Waals surface area contributed by atoms with Gasteiger partial charge < -0.3 is 15.0 Å². The predicted molar refractivity (Wildman–Crippen MR) is 75.1 cm³/mol. The summed E-state index contributed by atoms with van der Waals surface area (Å²) >= 11 is 0. The molecule has 5 nitrogen and oxygen atoms in total. The van der Waals surface area contributed by atoms with E-state index in [-0.39, 0.29) is 6.04 Å². The van der Waals surface area contributed by atoms with Crippen LogP contribution in [0.3, 0.4) is 0 Å². The van der Waals surface area contributed by atoms with Gasteiger partial charge in [0.25, 0.3) is 0 Å². The lowest BCUT2D eigenvalue weighted by atomic mass is 9.97. The zero-order valence-electron chi connectivity index (χ0n) is 12.2.